The molecule has 2 aliphatic heterocycles. The number of aliphatic carboxylic acids is 1. The molecule has 2 aliphatic rings. The Balaban J connectivity index is 0.00000169. The first-order valence-electron chi connectivity index (χ1n) is 8.92. The Morgan fingerprint density at radius 2 is 1.42 bits per heavy atom. The Bertz CT molecular complexity index is 530. The maximum atomic E-state index is 10.7. The van der Waals surface area contributed by atoms with Crippen LogP contribution >= 0.6 is 24.8 Å². The normalized spacial score (nSPS) is 18.7. The van der Waals surface area contributed by atoms with Gasteiger partial charge in [0.2, 0.25) is 0 Å². The second-order valence-electron chi connectivity index (χ2n) is 6.66. The molecule has 148 valence electrons. The molecule has 2 N–H and O–H groups in total. The summed E-state index contributed by atoms with van der Waals surface area (Å²) in [6.07, 6.45) is 0.0973. The molecule has 0 bridgehead atoms. The molecule has 6 nitrogen and oxygen atoms in total. The molecule has 1 aromatic carbocycles. The Morgan fingerprint density at radius 3 is 1.96 bits per heavy atom. The summed E-state index contributed by atoms with van der Waals surface area (Å²) in [5.41, 5.74) is 2.06. The number of halogens is 2. The van der Waals surface area contributed by atoms with Gasteiger partial charge in [0, 0.05) is 71.1 Å². The molecule has 26 heavy (non-hydrogen) atoms. The summed E-state index contributed by atoms with van der Waals surface area (Å²) < 4.78 is 0. The van der Waals surface area contributed by atoms with Gasteiger partial charge in [-0.1, -0.05) is 12.1 Å². The summed E-state index contributed by atoms with van der Waals surface area (Å²) in [6.45, 7) is 11.2. The van der Waals surface area contributed by atoms with Crippen molar-refractivity contribution < 1.29 is 9.90 Å². The zero-order valence-corrected chi connectivity index (χ0v) is 16.7. The SMILES string of the molecule is Cl.Cl.O=C(O)Cc1ccc(N2CCN(CCN3CCNCC3)CC2)cc1. The number of piperazine rings is 2. The van der Waals surface area contributed by atoms with Crippen molar-refractivity contribution in [3.05, 3.63) is 29.8 Å². The van der Waals surface area contributed by atoms with Crippen LogP contribution in [0.5, 0.6) is 0 Å². The lowest BCUT2D eigenvalue weighted by atomic mass is 10.1. The van der Waals surface area contributed by atoms with Crippen molar-refractivity contribution in [3.8, 4) is 0 Å². The number of benzene rings is 1. The van der Waals surface area contributed by atoms with Gasteiger partial charge in [0.15, 0.2) is 0 Å². The van der Waals surface area contributed by atoms with Crippen LogP contribution in [0.25, 0.3) is 0 Å². The summed E-state index contributed by atoms with van der Waals surface area (Å²) in [6, 6.07) is 7.96. The molecule has 0 radical (unpaired) electrons. The highest BCUT2D eigenvalue weighted by Crippen LogP contribution is 2.17. The van der Waals surface area contributed by atoms with E-state index in [9.17, 15) is 4.79 Å². The number of hydrogen-bond donors (Lipinski definition) is 2. The van der Waals surface area contributed by atoms with E-state index < -0.39 is 5.97 Å². The molecule has 2 saturated heterocycles. The third-order valence-corrected chi connectivity index (χ3v) is 4.97. The predicted molar refractivity (Wildman–Crippen MR) is 110 cm³/mol. The van der Waals surface area contributed by atoms with E-state index >= 15 is 0 Å². The standard InChI is InChI=1S/C18H28N4O2.2ClH/c23-18(24)15-16-1-3-17(4-2-16)22-13-11-21(12-14-22)10-9-20-7-5-19-6-8-20;;/h1-4,19H,5-15H2,(H,23,24);2*1H. The number of rotatable bonds is 6. The number of nitrogens with one attached hydrogen (secondary N) is 1. The second-order valence-corrected chi connectivity index (χ2v) is 6.66. The summed E-state index contributed by atoms with van der Waals surface area (Å²) in [4.78, 5) is 18.2. The third kappa shape index (κ3) is 6.93. The number of carbonyl (C=O) groups is 1. The zero-order chi connectivity index (χ0) is 16.8. The maximum Gasteiger partial charge on any atom is 0.307 e. The number of carboxylic acid groups (broad SMARTS) is 1. The average molecular weight is 405 g/mol. The van der Waals surface area contributed by atoms with Crippen molar-refractivity contribution >= 4 is 36.5 Å². The van der Waals surface area contributed by atoms with E-state index in [-0.39, 0.29) is 31.2 Å². The molecule has 1 aromatic rings. The molecule has 3 rings (SSSR count). The highest BCUT2D eigenvalue weighted by Gasteiger charge is 2.18. The van der Waals surface area contributed by atoms with Crippen LogP contribution in [0.4, 0.5) is 5.69 Å². The molecular formula is C18H30Cl2N4O2. The largest absolute Gasteiger partial charge is 0.481 e. The van der Waals surface area contributed by atoms with Gasteiger partial charge in [0.25, 0.3) is 0 Å². The van der Waals surface area contributed by atoms with Crippen molar-refractivity contribution in [1.29, 1.82) is 0 Å². The third-order valence-electron chi connectivity index (χ3n) is 4.97. The Hall–Kier alpha value is -1.05. The van der Waals surface area contributed by atoms with Crippen molar-refractivity contribution in [2.75, 3.05) is 70.3 Å². The molecule has 0 spiro atoms. The smallest absolute Gasteiger partial charge is 0.307 e. The van der Waals surface area contributed by atoms with Crippen LogP contribution in [-0.4, -0.2) is 86.3 Å². The number of nitrogens with zero attached hydrogens (tertiary/aromatic N) is 3. The predicted octanol–water partition coefficient (Wildman–Crippen LogP) is 1.18. The zero-order valence-electron chi connectivity index (χ0n) is 15.1. The van der Waals surface area contributed by atoms with Gasteiger partial charge < -0.3 is 15.3 Å². The first-order chi connectivity index (χ1) is 11.7. The lowest BCUT2D eigenvalue weighted by molar-refractivity contribution is -0.136. The summed E-state index contributed by atoms with van der Waals surface area (Å²) in [7, 11) is 0. The number of hydrogen-bond acceptors (Lipinski definition) is 5. The van der Waals surface area contributed by atoms with E-state index in [4.69, 9.17) is 5.11 Å². The van der Waals surface area contributed by atoms with Gasteiger partial charge in [-0.3, -0.25) is 14.6 Å². The average Bonchev–Trinajstić information content (AvgIpc) is 2.62. The quantitative estimate of drug-likeness (QED) is 0.742. The van der Waals surface area contributed by atoms with E-state index in [2.05, 4.69) is 32.1 Å². The van der Waals surface area contributed by atoms with Gasteiger partial charge in [-0.05, 0) is 17.7 Å². The minimum atomic E-state index is -0.777. The van der Waals surface area contributed by atoms with Crippen LogP contribution < -0.4 is 10.2 Å². The molecule has 0 aromatic heterocycles. The Labute approximate surface area is 168 Å². The summed E-state index contributed by atoms with van der Waals surface area (Å²) >= 11 is 0. The highest BCUT2D eigenvalue weighted by molar-refractivity contribution is 5.85. The lowest BCUT2D eigenvalue weighted by Crippen LogP contribution is -2.50. The monoisotopic (exact) mass is 404 g/mol. The molecular weight excluding hydrogens is 375 g/mol. The first kappa shape index (κ1) is 23.0. The Morgan fingerprint density at radius 1 is 0.885 bits per heavy atom. The maximum absolute atomic E-state index is 10.7. The van der Waals surface area contributed by atoms with Gasteiger partial charge in [-0.2, -0.15) is 0 Å². The number of carboxylic acids is 1. The fraction of sp³-hybridized carbons (Fsp3) is 0.611. The van der Waals surface area contributed by atoms with Gasteiger partial charge in [0.1, 0.15) is 0 Å². The van der Waals surface area contributed by atoms with Crippen molar-refractivity contribution in [1.82, 2.24) is 15.1 Å². The van der Waals surface area contributed by atoms with Crippen molar-refractivity contribution in [3.63, 3.8) is 0 Å². The van der Waals surface area contributed by atoms with Gasteiger partial charge >= 0.3 is 5.97 Å². The molecule has 0 atom stereocenters. The van der Waals surface area contributed by atoms with Crippen LogP contribution in [0.15, 0.2) is 24.3 Å². The highest BCUT2D eigenvalue weighted by atomic mass is 35.5. The fourth-order valence-electron chi connectivity index (χ4n) is 3.45. The fourth-order valence-corrected chi connectivity index (χ4v) is 3.45. The van der Waals surface area contributed by atoms with Crippen LogP contribution in [0.1, 0.15) is 5.56 Å². The molecule has 0 amide bonds. The van der Waals surface area contributed by atoms with Gasteiger partial charge in [-0.25, -0.2) is 0 Å². The second kappa shape index (κ2) is 11.6. The lowest BCUT2D eigenvalue weighted by Gasteiger charge is -2.37. The van der Waals surface area contributed by atoms with Crippen molar-refractivity contribution in [2.45, 2.75) is 6.42 Å². The van der Waals surface area contributed by atoms with E-state index in [0.717, 1.165) is 51.4 Å². The van der Waals surface area contributed by atoms with Crippen LogP contribution in [0, 0.1) is 0 Å². The van der Waals surface area contributed by atoms with E-state index in [1.807, 2.05) is 12.1 Å². The van der Waals surface area contributed by atoms with Crippen molar-refractivity contribution in [2.24, 2.45) is 0 Å². The van der Waals surface area contributed by atoms with E-state index in [1.165, 1.54) is 25.3 Å². The number of anilines is 1. The minimum absolute atomic E-state index is 0. The summed E-state index contributed by atoms with van der Waals surface area (Å²) in [5, 5.41) is 12.2. The van der Waals surface area contributed by atoms with Gasteiger partial charge in [-0.15, -0.1) is 24.8 Å². The molecule has 2 fully saturated rings. The minimum Gasteiger partial charge on any atom is -0.481 e. The van der Waals surface area contributed by atoms with E-state index in [0.29, 0.717) is 0 Å². The molecule has 8 heteroatoms. The summed E-state index contributed by atoms with van der Waals surface area (Å²) in [5.74, 6) is -0.777. The van der Waals surface area contributed by atoms with Crippen LogP contribution in [0.2, 0.25) is 0 Å². The molecule has 0 unspecified atom stereocenters. The molecule has 0 saturated carbocycles. The molecule has 0 aliphatic carbocycles. The van der Waals surface area contributed by atoms with E-state index in [1.54, 1.807) is 0 Å². The first-order valence-corrected chi connectivity index (χ1v) is 8.92. The van der Waals surface area contributed by atoms with Gasteiger partial charge in [0.05, 0.1) is 6.42 Å². The topological polar surface area (TPSA) is 59.1 Å². The Kier molecular flexibility index (Phi) is 10.3. The van der Waals surface area contributed by atoms with Crippen LogP contribution in [0.3, 0.4) is 0 Å². The van der Waals surface area contributed by atoms with Crippen LogP contribution in [-0.2, 0) is 11.2 Å². The molecule has 2 heterocycles.